The summed E-state index contributed by atoms with van der Waals surface area (Å²) in [6, 6.07) is 8.38. The second kappa shape index (κ2) is 6.39. The first-order valence-electron chi connectivity index (χ1n) is 6.85. The minimum Gasteiger partial charge on any atom is -0.373 e. The molecule has 0 amide bonds. The molecule has 1 aliphatic heterocycles. The van der Waals surface area contributed by atoms with Gasteiger partial charge in [0.2, 0.25) is 0 Å². The van der Waals surface area contributed by atoms with Gasteiger partial charge < -0.3 is 14.6 Å². The number of hydrogen-bond donors (Lipinski definition) is 1. The van der Waals surface area contributed by atoms with Gasteiger partial charge in [-0.1, -0.05) is 23.7 Å². The van der Waals surface area contributed by atoms with Crippen LogP contribution in [0.25, 0.3) is 0 Å². The number of halogens is 1. The third-order valence-corrected chi connectivity index (χ3v) is 3.79. The van der Waals surface area contributed by atoms with Gasteiger partial charge >= 0.3 is 0 Å². The van der Waals surface area contributed by atoms with Gasteiger partial charge in [-0.2, -0.15) is 0 Å². The van der Waals surface area contributed by atoms with Crippen molar-refractivity contribution < 1.29 is 4.74 Å². The molecule has 1 aromatic heterocycles. The molecule has 106 valence electrons. The van der Waals surface area contributed by atoms with Crippen LogP contribution in [0.5, 0.6) is 0 Å². The Morgan fingerprint density at radius 2 is 2.20 bits per heavy atom. The minimum atomic E-state index is 0.214. The number of imidazole rings is 1. The average Bonchev–Trinajstić information content (AvgIpc) is 2.96. The molecule has 1 aliphatic rings. The zero-order valence-electron chi connectivity index (χ0n) is 11.2. The minimum absolute atomic E-state index is 0.214. The maximum atomic E-state index is 5.92. The molecule has 0 unspecified atom stereocenters. The lowest BCUT2D eigenvalue weighted by atomic mass is 10.1. The Balaban J connectivity index is 1.47. The van der Waals surface area contributed by atoms with E-state index >= 15 is 0 Å². The summed E-state index contributed by atoms with van der Waals surface area (Å²) in [4.78, 5) is 4.04. The molecule has 1 N–H and O–H groups in total. The number of nitrogens with zero attached hydrogens (tertiary/aromatic N) is 2. The van der Waals surface area contributed by atoms with Crippen molar-refractivity contribution in [1.29, 1.82) is 0 Å². The number of aromatic nitrogens is 2. The molecule has 2 aromatic rings. The molecule has 2 heterocycles. The second-order valence-corrected chi connectivity index (χ2v) is 5.59. The van der Waals surface area contributed by atoms with E-state index in [1.54, 1.807) is 6.20 Å². The molecule has 0 radical (unpaired) electrons. The smallest absolute Gasteiger partial charge is 0.0946 e. The summed E-state index contributed by atoms with van der Waals surface area (Å²) < 4.78 is 7.97. The Labute approximate surface area is 123 Å². The van der Waals surface area contributed by atoms with Gasteiger partial charge in [0.25, 0.3) is 0 Å². The molecule has 0 saturated carbocycles. The number of benzene rings is 1. The highest BCUT2D eigenvalue weighted by Crippen LogP contribution is 2.13. The second-order valence-electron chi connectivity index (χ2n) is 5.15. The molecule has 0 bridgehead atoms. The molecule has 20 heavy (non-hydrogen) atoms. The van der Waals surface area contributed by atoms with E-state index in [1.807, 2.05) is 29.2 Å². The number of hydrogen-bond acceptors (Lipinski definition) is 3. The van der Waals surface area contributed by atoms with E-state index in [4.69, 9.17) is 16.3 Å². The highest BCUT2D eigenvalue weighted by molar-refractivity contribution is 6.30. The fourth-order valence-electron chi connectivity index (χ4n) is 2.45. The van der Waals surface area contributed by atoms with Crippen molar-refractivity contribution in [2.75, 3.05) is 13.2 Å². The van der Waals surface area contributed by atoms with Crippen molar-refractivity contribution in [3.63, 3.8) is 0 Å². The van der Waals surface area contributed by atoms with Crippen LogP contribution in [0.2, 0.25) is 5.02 Å². The summed E-state index contributed by atoms with van der Waals surface area (Å²) in [5.74, 6) is 0. The summed E-state index contributed by atoms with van der Waals surface area (Å²) >= 11 is 5.89. The van der Waals surface area contributed by atoms with E-state index in [0.717, 1.165) is 31.1 Å². The Hall–Kier alpha value is -1.36. The maximum absolute atomic E-state index is 5.92. The van der Waals surface area contributed by atoms with Gasteiger partial charge in [-0.3, -0.25) is 0 Å². The number of nitrogens with one attached hydrogen (secondary N) is 1. The van der Waals surface area contributed by atoms with Gasteiger partial charge in [0, 0.05) is 30.0 Å². The lowest BCUT2D eigenvalue weighted by molar-refractivity contribution is -0.00470. The first-order chi connectivity index (χ1) is 9.79. The molecule has 1 fully saturated rings. The van der Waals surface area contributed by atoms with E-state index in [2.05, 4.69) is 22.4 Å². The van der Waals surface area contributed by atoms with Gasteiger partial charge in [0.15, 0.2) is 0 Å². The van der Waals surface area contributed by atoms with Gasteiger partial charge in [-0.25, -0.2) is 4.98 Å². The van der Waals surface area contributed by atoms with Crippen LogP contribution >= 0.6 is 11.6 Å². The number of ether oxygens (including phenoxy) is 1. The fourth-order valence-corrected chi connectivity index (χ4v) is 2.58. The van der Waals surface area contributed by atoms with Crippen molar-refractivity contribution in [2.24, 2.45) is 0 Å². The molecule has 0 spiro atoms. The summed E-state index contributed by atoms with van der Waals surface area (Å²) in [7, 11) is 0. The Morgan fingerprint density at radius 1 is 1.35 bits per heavy atom. The average molecular weight is 292 g/mol. The van der Waals surface area contributed by atoms with E-state index in [-0.39, 0.29) is 6.10 Å². The molecule has 0 aliphatic carbocycles. The van der Waals surface area contributed by atoms with E-state index in [1.165, 1.54) is 5.56 Å². The topological polar surface area (TPSA) is 39.1 Å². The Morgan fingerprint density at radius 3 is 2.85 bits per heavy atom. The molecule has 1 saturated heterocycles. The van der Waals surface area contributed by atoms with E-state index in [0.29, 0.717) is 6.04 Å². The van der Waals surface area contributed by atoms with Crippen LogP contribution in [0.15, 0.2) is 43.0 Å². The van der Waals surface area contributed by atoms with Crippen LogP contribution in [-0.2, 0) is 17.7 Å². The molecule has 5 heteroatoms. The van der Waals surface area contributed by atoms with Crippen molar-refractivity contribution >= 4 is 11.6 Å². The first-order valence-corrected chi connectivity index (χ1v) is 7.22. The van der Waals surface area contributed by atoms with Crippen LogP contribution in [-0.4, -0.2) is 34.8 Å². The summed E-state index contributed by atoms with van der Waals surface area (Å²) in [5.41, 5.74) is 1.28. The predicted molar refractivity (Wildman–Crippen MR) is 78.9 cm³/mol. The highest BCUT2D eigenvalue weighted by Gasteiger charge is 2.21. The van der Waals surface area contributed by atoms with Crippen molar-refractivity contribution in [3.8, 4) is 0 Å². The van der Waals surface area contributed by atoms with Crippen LogP contribution in [0.1, 0.15) is 5.56 Å². The van der Waals surface area contributed by atoms with Gasteiger partial charge in [-0.15, -0.1) is 0 Å². The Kier molecular flexibility index (Phi) is 4.35. The van der Waals surface area contributed by atoms with Crippen LogP contribution in [0.3, 0.4) is 0 Å². The normalized spacial score (nSPS) is 22.9. The highest BCUT2D eigenvalue weighted by atomic mass is 35.5. The number of morpholine rings is 1. The summed E-state index contributed by atoms with van der Waals surface area (Å²) in [5, 5.41) is 4.33. The molecular formula is C15H18ClN3O. The standard InChI is InChI=1S/C15H18ClN3O/c16-13-3-1-12(2-4-13)7-14-10-20-15(8-18-14)9-19-6-5-17-11-19/h1-6,11,14-15,18H,7-10H2/t14-,15+/m0/s1. The van der Waals surface area contributed by atoms with Gasteiger partial charge in [0.1, 0.15) is 0 Å². The van der Waals surface area contributed by atoms with Crippen LogP contribution in [0.4, 0.5) is 0 Å². The molecule has 1 aromatic carbocycles. The van der Waals surface area contributed by atoms with Crippen LogP contribution in [0, 0.1) is 0 Å². The van der Waals surface area contributed by atoms with Crippen LogP contribution < -0.4 is 5.32 Å². The molecule has 4 nitrogen and oxygen atoms in total. The maximum Gasteiger partial charge on any atom is 0.0946 e. The SMILES string of the molecule is Clc1ccc(C[C@H]2CO[C@@H](Cn3ccnc3)CN2)cc1. The predicted octanol–water partition coefficient (Wildman–Crippen LogP) is 2.14. The zero-order chi connectivity index (χ0) is 13.8. The summed E-state index contributed by atoms with van der Waals surface area (Å²) in [6.45, 7) is 2.46. The summed E-state index contributed by atoms with van der Waals surface area (Å²) in [6.07, 6.45) is 6.76. The largest absolute Gasteiger partial charge is 0.373 e. The lowest BCUT2D eigenvalue weighted by Gasteiger charge is -2.30. The van der Waals surface area contributed by atoms with Crippen molar-refractivity contribution in [3.05, 3.63) is 53.6 Å². The monoisotopic (exact) mass is 291 g/mol. The van der Waals surface area contributed by atoms with E-state index < -0.39 is 0 Å². The first kappa shape index (κ1) is 13.6. The number of rotatable bonds is 4. The van der Waals surface area contributed by atoms with Crippen molar-refractivity contribution in [2.45, 2.75) is 25.1 Å². The third kappa shape index (κ3) is 3.60. The molecule has 3 rings (SSSR count). The quantitative estimate of drug-likeness (QED) is 0.938. The van der Waals surface area contributed by atoms with Crippen molar-refractivity contribution in [1.82, 2.24) is 14.9 Å². The Bertz CT molecular complexity index is 519. The van der Waals surface area contributed by atoms with Gasteiger partial charge in [-0.05, 0) is 24.1 Å². The third-order valence-electron chi connectivity index (χ3n) is 3.54. The van der Waals surface area contributed by atoms with E-state index in [9.17, 15) is 0 Å². The fraction of sp³-hybridized carbons (Fsp3) is 0.400. The molecular weight excluding hydrogens is 274 g/mol. The van der Waals surface area contributed by atoms with Gasteiger partial charge in [0.05, 0.1) is 25.6 Å². The zero-order valence-corrected chi connectivity index (χ0v) is 12.0. The molecule has 2 atom stereocenters. The lowest BCUT2D eigenvalue weighted by Crippen LogP contribution is -2.48.